The van der Waals surface area contributed by atoms with Crippen LogP contribution in [0.4, 0.5) is 0 Å². The summed E-state index contributed by atoms with van der Waals surface area (Å²) in [5, 5.41) is 0. The summed E-state index contributed by atoms with van der Waals surface area (Å²) >= 11 is 0. The summed E-state index contributed by atoms with van der Waals surface area (Å²) in [4.78, 5) is 14.0. The SMILES string of the molecule is C=C(CCC(C)=O)C1C[C@H]2CCC[C@H]2N1Cc1ccccc1. The number of Topliss-reactive ketones (excluding diaryl/α,β-unsaturated/α-hetero) is 1. The predicted molar refractivity (Wildman–Crippen MR) is 90.6 cm³/mol. The van der Waals surface area contributed by atoms with E-state index in [9.17, 15) is 4.79 Å². The first-order valence-electron chi connectivity index (χ1n) is 8.62. The van der Waals surface area contributed by atoms with Gasteiger partial charge >= 0.3 is 0 Å². The first-order valence-corrected chi connectivity index (χ1v) is 8.62. The second-order valence-corrected chi connectivity index (χ2v) is 7.03. The summed E-state index contributed by atoms with van der Waals surface area (Å²) in [5.74, 6) is 1.11. The number of hydrogen-bond donors (Lipinski definition) is 0. The van der Waals surface area contributed by atoms with Gasteiger partial charge in [0.15, 0.2) is 0 Å². The Morgan fingerprint density at radius 3 is 2.73 bits per heavy atom. The van der Waals surface area contributed by atoms with E-state index in [0.717, 1.165) is 24.9 Å². The molecule has 2 fully saturated rings. The third-order valence-corrected chi connectivity index (χ3v) is 5.45. The highest BCUT2D eigenvalue weighted by Gasteiger charge is 2.43. The molecule has 2 heteroatoms. The molecule has 0 radical (unpaired) electrons. The molecule has 3 atom stereocenters. The molecule has 1 heterocycles. The van der Waals surface area contributed by atoms with Crippen LogP contribution in [-0.4, -0.2) is 22.8 Å². The largest absolute Gasteiger partial charge is 0.300 e. The quantitative estimate of drug-likeness (QED) is 0.727. The lowest BCUT2D eigenvalue weighted by Crippen LogP contribution is -2.36. The second kappa shape index (κ2) is 6.78. The molecule has 1 aromatic carbocycles. The normalized spacial score (nSPS) is 27.8. The van der Waals surface area contributed by atoms with Crippen molar-refractivity contribution in [3.8, 4) is 0 Å². The second-order valence-electron chi connectivity index (χ2n) is 7.03. The van der Waals surface area contributed by atoms with E-state index in [0.29, 0.717) is 12.5 Å². The minimum absolute atomic E-state index is 0.272. The number of likely N-dealkylation sites (tertiary alicyclic amines) is 1. The van der Waals surface area contributed by atoms with Crippen LogP contribution in [0.1, 0.15) is 51.0 Å². The standard InChI is InChI=1S/C20H27NO/c1-15(11-12-16(2)22)20-13-18-9-6-10-19(18)21(20)14-17-7-4-3-5-8-17/h3-5,7-8,18-20H,1,6,9-14H2,2H3/t18-,19-,20?/m1/s1. The van der Waals surface area contributed by atoms with Crippen molar-refractivity contribution in [3.05, 3.63) is 48.0 Å². The Morgan fingerprint density at radius 2 is 2.00 bits per heavy atom. The molecule has 1 unspecified atom stereocenters. The molecule has 0 aromatic heterocycles. The van der Waals surface area contributed by atoms with E-state index in [2.05, 4.69) is 41.8 Å². The van der Waals surface area contributed by atoms with Crippen LogP contribution in [0.2, 0.25) is 0 Å². The average Bonchev–Trinajstić information content (AvgIpc) is 3.08. The molecule has 1 saturated heterocycles. The van der Waals surface area contributed by atoms with Crippen LogP contribution in [-0.2, 0) is 11.3 Å². The van der Waals surface area contributed by atoms with E-state index >= 15 is 0 Å². The fraction of sp³-hybridized carbons (Fsp3) is 0.550. The summed E-state index contributed by atoms with van der Waals surface area (Å²) < 4.78 is 0. The van der Waals surface area contributed by atoms with E-state index < -0.39 is 0 Å². The zero-order chi connectivity index (χ0) is 15.5. The molecule has 1 saturated carbocycles. The van der Waals surface area contributed by atoms with Gasteiger partial charge in [-0.2, -0.15) is 0 Å². The molecule has 22 heavy (non-hydrogen) atoms. The number of carbonyl (C=O) groups excluding carboxylic acids is 1. The first kappa shape index (κ1) is 15.5. The van der Waals surface area contributed by atoms with E-state index in [-0.39, 0.29) is 5.78 Å². The van der Waals surface area contributed by atoms with Gasteiger partial charge in [-0.25, -0.2) is 0 Å². The number of benzene rings is 1. The molecule has 118 valence electrons. The van der Waals surface area contributed by atoms with Gasteiger partial charge in [-0.1, -0.05) is 48.9 Å². The Balaban J connectivity index is 1.73. The molecule has 1 aromatic rings. The Kier molecular flexibility index (Phi) is 4.77. The number of fused-ring (bicyclic) bond motifs is 1. The lowest BCUT2D eigenvalue weighted by molar-refractivity contribution is -0.117. The van der Waals surface area contributed by atoms with Crippen molar-refractivity contribution >= 4 is 5.78 Å². The summed E-state index contributed by atoms with van der Waals surface area (Å²) in [5.41, 5.74) is 2.65. The lowest BCUT2D eigenvalue weighted by Gasteiger charge is -2.31. The van der Waals surface area contributed by atoms with Crippen LogP contribution >= 0.6 is 0 Å². The molecule has 0 spiro atoms. The molecule has 2 nitrogen and oxygen atoms in total. The van der Waals surface area contributed by atoms with Crippen molar-refractivity contribution in [2.75, 3.05) is 0 Å². The monoisotopic (exact) mass is 297 g/mol. The van der Waals surface area contributed by atoms with E-state index in [4.69, 9.17) is 0 Å². The summed E-state index contributed by atoms with van der Waals surface area (Å²) in [6, 6.07) is 12.0. The highest BCUT2D eigenvalue weighted by molar-refractivity contribution is 5.75. The lowest BCUT2D eigenvalue weighted by atomic mass is 9.96. The van der Waals surface area contributed by atoms with Crippen molar-refractivity contribution in [2.24, 2.45) is 5.92 Å². The molecule has 0 amide bonds. The molecular weight excluding hydrogens is 270 g/mol. The van der Waals surface area contributed by atoms with E-state index in [1.54, 1.807) is 6.92 Å². The predicted octanol–water partition coefficient (Wildman–Crippen LogP) is 4.36. The van der Waals surface area contributed by atoms with Crippen molar-refractivity contribution in [2.45, 2.75) is 64.1 Å². The van der Waals surface area contributed by atoms with Crippen molar-refractivity contribution in [3.63, 3.8) is 0 Å². The van der Waals surface area contributed by atoms with Gasteiger partial charge in [-0.05, 0) is 44.1 Å². The maximum Gasteiger partial charge on any atom is 0.130 e. The smallest absolute Gasteiger partial charge is 0.130 e. The highest BCUT2D eigenvalue weighted by Crippen LogP contribution is 2.44. The van der Waals surface area contributed by atoms with Crippen molar-refractivity contribution < 1.29 is 4.79 Å². The zero-order valence-corrected chi connectivity index (χ0v) is 13.6. The summed E-state index contributed by atoms with van der Waals surface area (Å²) in [6.07, 6.45) is 6.80. The summed E-state index contributed by atoms with van der Waals surface area (Å²) in [7, 11) is 0. The minimum Gasteiger partial charge on any atom is -0.300 e. The van der Waals surface area contributed by atoms with Crippen LogP contribution in [0, 0.1) is 5.92 Å². The molecule has 1 aliphatic heterocycles. The molecule has 2 aliphatic rings. The van der Waals surface area contributed by atoms with Gasteiger partial charge in [0, 0.05) is 25.0 Å². The average molecular weight is 297 g/mol. The van der Waals surface area contributed by atoms with Gasteiger partial charge in [0.05, 0.1) is 0 Å². The van der Waals surface area contributed by atoms with Gasteiger partial charge in [0.25, 0.3) is 0 Å². The minimum atomic E-state index is 0.272. The number of ketones is 1. The van der Waals surface area contributed by atoms with Crippen LogP contribution in [0.25, 0.3) is 0 Å². The van der Waals surface area contributed by atoms with Gasteiger partial charge in [-0.3, -0.25) is 4.90 Å². The van der Waals surface area contributed by atoms with Crippen molar-refractivity contribution in [1.82, 2.24) is 4.90 Å². The molecule has 1 aliphatic carbocycles. The third kappa shape index (κ3) is 3.33. The third-order valence-electron chi connectivity index (χ3n) is 5.45. The number of rotatable bonds is 6. The van der Waals surface area contributed by atoms with Crippen LogP contribution < -0.4 is 0 Å². The fourth-order valence-corrected chi connectivity index (χ4v) is 4.31. The van der Waals surface area contributed by atoms with E-state index in [1.165, 1.54) is 36.8 Å². The Bertz CT molecular complexity index is 536. The Morgan fingerprint density at radius 1 is 1.23 bits per heavy atom. The maximum absolute atomic E-state index is 11.3. The van der Waals surface area contributed by atoms with Gasteiger partial charge in [-0.15, -0.1) is 0 Å². The van der Waals surface area contributed by atoms with Gasteiger partial charge < -0.3 is 4.79 Å². The molecule has 0 N–H and O–H groups in total. The van der Waals surface area contributed by atoms with Crippen molar-refractivity contribution in [1.29, 1.82) is 0 Å². The number of hydrogen-bond acceptors (Lipinski definition) is 2. The fourth-order valence-electron chi connectivity index (χ4n) is 4.31. The maximum atomic E-state index is 11.3. The summed E-state index contributed by atoms with van der Waals surface area (Å²) in [6.45, 7) is 7.03. The van der Waals surface area contributed by atoms with Gasteiger partial charge in [0.1, 0.15) is 5.78 Å². The number of nitrogens with zero attached hydrogens (tertiary/aromatic N) is 1. The van der Waals surface area contributed by atoms with Gasteiger partial charge in [0.2, 0.25) is 0 Å². The van der Waals surface area contributed by atoms with Crippen LogP contribution in [0.5, 0.6) is 0 Å². The molecule has 3 rings (SSSR count). The first-order chi connectivity index (χ1) is 10.6. The highest BCUT2D eigenvalue weighted by atomic mass is 16.1. The van der Waals surface area contributed by atoms with Crippen LogP contribution in [0.15, 0.2) is 42.5 Å². The number of carbonyl (C=O) groups is 1. The van der Waals surface area contributed by atoms with Crippen LogP contribution in [0.3, 0.4) is 0 Å². The molecule has 0 bridgehead atoms. The molecular formula is C20H27NO. The Labute approximate surface area is 134 Å². The van der Waals surface area contributed by atoms with E-state index in [1.807, 2.05) is 0 Å². The topological polar surface area (TPSA) is 20.3 Å². The zero-order valence-electron chi connectivity index (χ0n) is 13.6. The Hall–Kier alpha value is -1.41.